The second-order valence-corrected chi connectivity index (χ2v) is 7.62. The highest BCUT2D eigenvalue weighted by Crippen LogP contribution is 2.33. The van der Waals surface area contributed by atoms with Crippen LogP contribution in [0.2, 0.25) is 0 Å². The number of carbonyl (C=O) groups is 3. The van der Waals surface area contributed by atoms with Gasteiger partial charge in [0.1, 0.15) is 4.88 Å². The van der Waals surface area contributed by atoms with Crippen LogP contribution < -0.4 is 10.6 Å². The Kier molecular flexibility index (Phi) is 6.99. The maximum absolute atomic E-state index is 12.1. The first-order valence-electron chi connectivity index (χ1n) is 8.81. The number of thiophene rings is 1. The molecule has 3 amide bonds. The summed E-state index contributed by atoms with van der Waals surface area (Å²) in [6.07, 6.45) is 5.08. The van der Waals surface area contributed by atoms with Crippen LogP contribution >= 0.6 is 11.3 Å². The zero-order chi connectivity index (χ0) is 18.4. The number of urea groups is 1. The molecule has 0 saturated heterocycles. The van der Waals surface area contributed by atoms with E-state index in [-0.39, 0.29) is 6.04 Å². The van der Waals surface area contributed by atoms with Crippen molar-refractivity contribution in [2.45, 2.75) is 58.9 Å². The minimum absolute atomic E-state index is 0.0280. The van der Waals surface area contributed by atoms with Crippen LogP contribution in [0.4, 0.5) is 4.79 Å². The van der Waals surface area contributed by atoms with E-state index < -0.39 is 24.5 Å². The number of rotatable bonds is 6. The van der Waals surface area contributed by atoms with Gasteiger partial charge >= 0.3 is 12.0 Å². The summed E-state index contributed by atoms with van der Waals surface area (Å²) in [4.78, 5) is 37.1. The normalized spacial score (nSPS) is 17.3. The number of fused-ring (bicyclic) bond motifs is 1. The zero-order valence-corrected chi connectivity index (χ0v) is 15.8. The molecule has 1 aliphatic rings. The van der Waals surface area contributed by atoms with Gasteiger partial charge in [-0.05, 0) is 50.2 Å². The summed E-state index contributed by atoms with van der Waals surface area (Å²) < 4.78 is 5.03. The Hall–Kier alpha value is -1.89. The predicted molar refractivity (Wildman–Crippen MR) is 96.8 cm³/mol. The minimum atomic E-state index is -0.637. The molecule has 1 aromatic heterocycles. The predicted octanol–water partition coefficient (Wildman–Crippen LogP) is 3.04. The van der Waals surface area contributed by atoms with Crippen molar-refractivity contribution in [2.24, 2.45) is 5.92 Å². The number of hydrogen-bond donors (Lipinski definition) is 2. The van der Waals surface area contributed by atoms with E-state index in [1.807, 2.05) is 19.9 Å². The summed E-state index contributed by atoms with van der Waals surface area (Å²) >= 11 is 1.45. The van der Waals surface area contributed by atoms with E-state index >= 15 is 0 Å². The molecule has 0 aliphatic heterocycles. The lowest BCUT2D eigenvalue weighted by Gasteiger charge is -2.19. The van der Waals surface area contributed by atoms with Crippen LogP contribution in [0, 0.1) is 5.92 Å². The van der Waals surface area contributed by atoms with Gasteiger partial charge in [0.15, 0.2) is 6.61 Å². The van der Waals surface area contributed by atoms with Crippen molar-refractivity contribution in [1.29, 1.82) is 0 Å². The quantitative estimate of drug-likeness (QED) is 0.758. The van der Waals surface area contributed by atoms with Gasteiger partial charge in [-0.25, -0.2) is 9.59 Å². The number of ether oxygens (including phenoxy) is 1. The average molecular weight is 366 g/mol. The molecule has 0 aromatic carbocycles. The van der Waals surface area contributed by atoms with Gasteiger partial charge in [-0.2, -0.15) is 0 Å². The van der Waals surface area contributed by atoms with Crippen molar-refractivity contribution in [3.05, 3.63) is 21.4 Å². The standard InChI is InChI=1S/C18H26N2O4S/c1-4-11(3)19-18(23)20-16(21)10-24-17(22)15-9-13-8-12(5-2)6-7-14(13)25-15/h9,11-12H,4-8,10H2,1-3H3,(H2,19,20,21,23)/t11-,12+/m0/s1. The highest BCUT2D eigenvalue weighted by molar-refractivity contribution is 7.14. The van der Waals surface area contributed by atoms with Crippen LogP contribution in [-0.4, -0.2) is 30.6 Å². The van der Waals surface area contributed by atoms with E-state index in [2.05, 4.69) is 17.6 Å². The van der Waals surface area contributed by atoms with E-state index in [1.165, 1.54) is 21.8 Å². The number of esters is 1. The molecular formula is C18H26N2O4S. The van der Waals surface area contributed by atoms with Crippen LogP contribution in [0.1, 0.15) is 60.1 Å². The first-order chi connectivity index (χ1) is 11.9. The Morgan fingerprint density at radius 3 is 2.80 bits per heavy atom. The summed E-state index contributed by atoms with van der Waals surface area (Å²) in [5, 5.41) is 4.76. The third-order valence-corrected chi connectivity index (χ3v) is 5.76. The molecule has 2 rings (SSSR count). The SMILES string of the molecule is CC[C@@H]1CCc2sc(C(=O)OCC(=O)NC(=O)N[C@@H](C)CC)cc2C1. The van der Waals surface area contributed by atoms with Crippen LogP contribution in [0.25, 0.3) is 0 Å². The van der Waals surface area contributed by atoms with E-state index in [1.54, 1.807) is 0 Å². The highest BCUT2D eigenvalue weighted by Gasteiger charge is 2.23. The van der Waals surface area contributed by atoms with Gasteiger partial charge in [-0.3, -0.25) is 10.1 Å². The first-order valence-corrected chi connectivity index (χ1v) is 9.63. The molecule has 7 heteroatoms. The maximum Gasteiger partial charge on any atom is 0.348 e. The molecule has 0 fully saturated rings. The highest BCUT2D eigenvalue weighted by atomic mass is 32.1. The first kappa shape index (κ1) is 19.4. The van der Waals surface area contributed by atoms with Gasteiger partial charge in [-0.15, -0.1) is 11.3 Å². The van der Waals surface area contributed by atoms with Crippen LogP contribution in [0.3, 0.4) is 0 Å². The summed E-state index contributed by atoms with van der Waals surface area (Å²) in [5.74, 6) is -0.466. The largest absolute Gasteiger partial charge is 0.451 e. The molecule has 6 nitrogen and oxygen atoms in total. The van der Waals surface area contributed by atoms with E-state index in [0.29, 0.717) is 10.8 Å². The van der Waals surface area contributed by atoms with Crippen LogP contribution in [0.5, 0.6) is 0 Å². The van der Waals surface area contributed by atoms with Gasteiger partial charge in [0.25, 0.3) is 5.91 Å². The summed E-state index contributed by atoms with van der Waals surface area (Å²) in [7, 11) is 0. The third-order valence-electron chi connectivity index (χ3n) is 4.54. The molecule has 0 bridgehead atoms. The summed E-state index contributed by atoms with van der Waals surface area (Å²) in [6.45, 7) is 5.49. The molecule has 0 spiro atoms. The number of aryl methyl sites for hydroxylation is 1. The number of nitrogens with one attached hydrogen (secondary N) is 2. The Morgan fingerprint density at radius 2 is 2.12 bits per heavy atom. The van der Waals surface area contributed by atoms with Gasteiger partial charge in [0.2, 0.25) is 0 Å². The second kappa shape index (κ2) is 8.99. The van der Waals surface area contributed by atoms with Crippen molar-refractivity contribution >= 4 is 29.2 Å². The molecule has 25 heavy (non-hydrogen) atoms. The minimum Gasteiger partial charge on any atom is -0.451 e. The van der Waals surface area contributed by atoms with Crippen molar-refractivity contribution in [3.8, 4) is 0 Å². The Balaban J connectivity index is 1.82. The fraction of sp³-hybridized carbons (Fsp3) is 0.611. The Labute approximate surface area is 152 Å². The maximum atomic E-state index is 12.1. The van der Waals surface area contributed by atoms with Crippen molar-refractivity contribution < 1.29 is 19.1 Å². The average Bonchev–Trinajstić information content (AvgIpc) is 3.02. The molecule has 138 valence electrons. The van der Waals surface area contributed by atoms with E-state index in [4.69, 9.17) is 4.74 Å². The van der Waals surface area contributed by atoms with Gasteiger partial charge in [0.05, 0.1) is 0 Å². The van der Waals surface area contributed by atoms with Crippen molar-refractivity contribution in [3.63, 3.8) is 0 Å². The lowest BCUT2D eigenvalue weighted by Crippen LogP contribution is -2.44. The number of imide groups is 1. The topological polar surface area (TPSA) is 84.5 Å². The molecule has 1 aromatic rings. The smallest absolute Gasteiger partial charge is 0.348 e. The number of hydrogen-bond acceptors (Lipinski definition) is 5. The van der Waals surface area contributed by atoms with E-state index in [0.717, 1.165) is 32.1 Å². The fourth-order valence-electron chi connectivity index (χ4n) is 2.78. The zero-order valence-electron chi connectivity index (χ0n) is 15.0. The molecular weight excluding hydrogens is 340 g/mol. The molecule has 0 unspecified atom stereocenters. The monoisotopic (exact) mass is 366 g/mol. The molecule has 1 heterocycles. The Morgan fingerprint density at radius 1 is 1.36 bits per heavy atom. The van der Waals surface area contributed by atoms with Crippen molar-refractivity contribution in [1.82, 2.24) is 10.6 Å². The third kappa shape index (κ3) is 5.56. The van der Waals surface area contributed by atoms with Gasteiger partial charge in [0, 0.05) is 10.9 Å². The molecule has 2 atom stereocenters. The molecule has 0 saturated carbocycles. The van der Waals surface area contributed by atoms with Crippen LogP contribution in [0.15, 0.2) is 6.07 Å². The lowest BCUT2D eigenvalue weighted by molar-refractivity contribution is -0.123. The fourth-order valence-corrected chi connectivity index (χ4v) is 3.88. The molecule has 2 N–H and O–H groups in total. The van der Waals surface area contributed by atoms with Crippen molar-refractivity contribution in [2.75, 3.05) is 6.61 Å². The number of carbonyl (C=O) groups excluding carboxylic acids is 3. The number of amides is 3. The van der Waals surface area contributed by atoms with Gasteiger partial charge < -0.3 is 10.1 Å². The Bertz CT molecular complexity index is 641. The molecule has 0 radical (unpaired) electrons. The van der Waals surface area contributed by atoms with Gasteiger partial charge in [-0.1, -0.05) is 20.3 Å². The van der Waals surface area contributed by atoms with Crippen LogP contribution in [-0.2, 0) is 22.4 Å². The second-order valence-electron chi connectivity index (χ2n) is 6.48. The summed E-state index contributed by atoms with van der Waals surface area (Å²) in [6, 6.07) is 1.28. The lowest BCUT2D eigenvalue weighted by atomic mass is 9.87. The summed E-state index contributed by atoms with van der Waals surface area (Å²) in [5.41, 5.74) is 1.23. The molecule has 1 aliphatic carbocycles. The van der Waals surface area contributed by atoms with E-state index in [9.17, 15) is 14.4 Å².